The molecule has 0 aromatic carbocycles. The fraction of sp³-hybridized carbons (Fsp3) is 0.900. The van der Waals surface area contributed by atoms with Gasteiger partial charge in [-0.3, -0.25) is 4.79 Å². The Balaban J connectivity index is 2.83. The first kappa shape index (κ1) is 14.4. The lowest BCUT2D eigenvalue weighted by molar-refractivity contribution is -0.136. The molecule has 1 aliphatic rings. The molecule has 0 amide bonds. The van der Waals surface area contributed by atoms with Gasteiger partial charge in [-0.1, -0.05) is 0 Å². The molecule has 2 N–H and O–H groups in total. The van der Waals surface area contributed by atoms with Crippen molar-refractivity contribution < 1.29 is 23.4 Å². The maximum atomic E-state index is 12.0. The van der Waals surface area contributed by atoms with E-state index in [1.807, 2.05) is 0 Å². The van der Waals surface area contributed by atoms with Crippen LogP contribution in [0.25, 0.3) is 0 Å². The molecule has 2 unspecified atom stereocenters. The van der Waals surface area contributed by atoms with E-state index in [-0.39, 0.29) is 13.1 Å². The molecular formula is C10H19NO5S. The zero-order valence-electron chi connectivity index (χ0n) is 10.1. The second-order valence-corrected chi connectivity index (χ2v) is 7.03. The van der Waals surface area contributed by atoms with Gasteiger partial charge in [0.25, 0.3) is 0 Å². The molecule has 1 rings (SSSR count). The van der Waals surface area contributed by atoms with Crippen LogP contribution in [0.4, 0.5) is 0 Å². The Labute approximate surface area is 101 Å². The lowest BCUT2D eigenvalue weighted by Gasteiger charge is -2.23. The summed E-state index contributed by atoms with van der Waals surface area (Å²) in [6, 6.07) is 0. The van der Waals surface area contributed by atoms with Gasteiger partial charge in [-0.25, -0.2) is 12.7 Å². The standard InChI is InChI=1S/C10H19NO5S/c1-8(9(12)13)17(15,16)11-6-3-4-10(2,14)5-7-11/h8,14H,3-7H2,1-2H3,(H,12,13). The first-order chi connectivity index (χ1) is 7.67. The average molecular weight is 265 g/mol. The van der Waals surface area contributed by atoms with Gasteiger partial charge in [-0.2, -0.15) is 0 Å². The van der Waals surface area contributed by atoms with E-state index in [0.717, 1.165) is 0 Å². The van der Waals surface area contributed by atoms with E-state index in [0.29, 0.717) is 19.3 Å². The van der Waals surface area contributed by atoms with E-state index in [1.54, 1.807) is 6.92 Å². The summed E-state index contributed by atoms with van der Waals surface area (Å²) in [6.45, 7) is 3.29. The Kier molecular flexibility index (Phi) is 4.16. The maximum absolute atomic E-state index is 12.0. The molecule has 17 heavy (non-hydrogen) atoms. The molecule has 0 aromatic heterocycles. The van der Waals surface area contributed by atoms with Crippen LogP contribution in [-0.4, -0.2) is 52.8 Å². The number of rotatable bonds is 3. The lowest BCUT2D eigenvalue weighted by Crippen LogP contribution is -2.42. The summed E-state index contributed by atoms with van der Waals surface area (Å²) in [7, 11) is -3.81. The van der Waals surface area contributed by atoms with Crippen LogP contribution in [0.2, 0.25) is 0 Å². The van der Waals surface area contributed by atoms with Gasteiger partial charge in [0.15, 0.2) is 5.25 Å². The van der Waals surface area contributed by atoms with Crippen LogP contribution in [0.15, 0.2) is 0 Å². The van der Waals surface area contributed by atoms with E-state index < -0.39 is 26.8 Å². The topological polar surface area (TPSA) is 94.9 Å². The Morgan fingerprint density at radius 1 is 1.35 bits per heavy atom. The molecule has 0 spiro atoms. The number of hydrogen-bond donors (Lipinski definition) is 2. The highest BCUT2D eigenvalue weighted by Gasteiger charge is 2.36. The van der Waals surface area contributed by atoms with E-state index in [9.17, 15) is 18.3 Å². The molecule has 0 saturated carbocycles. The number of carboxylic acid groups (broad SMARTS) is 1. The summed E-state index contributed by atoms with van der Waals surface area (Å²) < 4.78 is 25.1. The fourth-order valence-corrected chi connectivity index (χ4v) is 3.28. The van der Waals surface area contributed by atoms with Gasteiger partial charge in [0.2, 0.25) is 10.0 Å². The Bertz CT molecular complexity index is 390. The zero-order valence-corrected chi connectivity index (χ0v) is 10.9. The number of sulfonamides is 1. The average Bonchev–Trinajstić information content (AvgIpc) is 2.38. The minimum atomic E-state index is -3.81. The van der Waals surface area contributed by atoms with Gasteiger partial charge in [-0.05, 0) is 33.1 Å². The van der Waals surface area contributed by atoms with Crippen LogP contribution in [-0.2, 0) is 14.8 Å². The van der Waals surface area contributed by atoms with E-state index in [4.69, 9.17) is 5.11 Å². The minimum absolute atomic E-state index is 0.174. The summed E-state index contributed by atoms with van der Waals surface area (Å²) in [5.41, 5.74) is -0.864. The van der Waals surface area contributed by atoms with Crippen LogP contribution >= 0.6 is 0 Å². The van der Waals surface area contributed by atoms with Crippen molar-refractivity contribution in [3.05, 3.63) is 0 Å². The third-order valence-electron chi connectivity index (χ3n) is 3.18. The molecule has 7 heteroatoms. The zero-order chi connectivity index (χ0) is 13.3. The Morgan fingerprint density at radius 2 is 1.94 bits per heavy atom. The highest BCUT2D eigenvalue weighted by atomic mass is 32.2. The summed E-state index contributed by atoms with van der Waals surface area (Å²) >= 11 is 0. The van der Waals surface area contributed by atoms with Gasteiger partial charge in [0.05, 0.1) is 5.60 Å². The van der Waals surface area contributed by atoms with Crippen molar-refractivity contribution in [1.29, 1.82) is 0 Å². The number of nitrogens with zero attached hydrogens (tertiary/aromatic N) is 1. The van der Waals surface area contributed by atoms with Gasteiger partial charge >= 0.3 is 5.97 Å². The maximum Gasteiger partial charge on any atom is 0.323 e. The first-order valence-corrected chi connectivity index (χ1v) is 7.11. The van der Waals surface area contributed by atoms with Crippen LogP contribution in [0.3, 0.4) is 0 Å². The van der Waals surface area contributed by atoms with Crippen molar-refractivity contribution in [2.45, 2.75) is 44.0 Å². The first-order valence-electron chi connectivity index (χ1n) is 5.61. The largest absolute Gasteiger partial charge is 0.480 e. The number of carbonyl (C=O) groups is 1. The highest BCUT2D eigenvalue weighted by molar-refractivity contribution is 7.90. The number of hydrogen-bond acceptors (Lipinski definition) is 4. The number of carboxylic acids is 1. The van der Waals surface area contributed by atoms with Gasteiger partial charge in [-0.15, -0.1) is 0 Å². The summed E-state index contributed by atoms with van der Waals surface area (Å²) in [4.78, 5) is 10.7. The lowest BCUT2D eigenvalue weighted by atomic mass is 9.98. The molecule has 0 bridgehead atoms. The van der Waals surface area contributed by atoms with Crippen molar-refractivity contribution in [1.82, 2.24) is 4.31 Å². The van der Waals surface area contributed by atoms with Crippen molar-refractivity contribution >= 4 is 16.0 Å². The Hall–Kier alpha value is -0.660. The Morgan fingerprint density at radius 3 is 2.47 bits per heavy atom. The van der Waals surface area contributed by atoms with E-state index >= 15 is 0 Å². The smallest absolute Gasteiger partial charge is 0.323 e. The monoisotopic (exact) mass is 265 g/mol. The minimum Gasteiger partial charge on any atom is -0.480 e. The molecule has 0 aromatic rings. The predicted molar refractivity (Wildman–Crippen MR) is 62.1 cm³/mol. The summed E-state index contributed by atoms with van der Waals surface area (Å²) in [5.74, 6) is -1.35. The van der Waals surface area contributed by atoms with Crippen LogP contribution in [0, 0.1) is 0 Å². The SMILES string of the molecule is CC(C(=O)O)S(=O)(=O)N1CCCC(C)(O)CC1. The third kappa shape index (κ3) is 3.40. The van der Waals surface area contributed by atoms with Crippen LogP contribution in [0.1, 0.15) is 33.1 Å². The van der Waals surface area contributed by atoms with Crippen LogP contribution in [0.5, 0.6) is 0 Å². The summed E-state index contributed by atoms with van der Waals surface area (Å²) in [5, 5.41) is 17.2. The quantitative estimate of drug-likeness (QED) is 0.750. The number of aliphatic carboxylic acids is 1. The van der Waals surface area contributed by atoms with Crippen molar-refractivity contribution in [3.8, 4) is 0 Å². The molecule has 1 heterocycles. The molecule has 1 saturated heterocycles. The molecule has 1 fully saturated rings. The van der Waals surface area contributed by atoms with Crippen molar-refractivity contribution in [3.63, 3.8) is 0 Å². The second-order valence-electron chi connectivity index (χ2n) is 4.77. The van der Waals surface area contributed by atoms with E-state index in [2.05, 4.69) is 0 Å². The summed E-state index contributed by atoms with van der Waals surface area (Å²) in [6.07, 6.45) is 1.40. The molecule has 1 aliphatic heterocycles. The molecular weight excluding hydrogens is 246 g/mol. The predicted octanol–water partition coefficient (Wildman–Crippen LogP) is 0.0262. The van der Waals surface area contributed by atoms with Gasteiger partial charge in [0.1, 0.15) is 0 Å². The molecule has 0 radical (unpaired) electrons. The number of aliphatic hydroxyl groups is 1. The highest BCUT2D eigenvalue weighted by Crippen LogP contribution is 2.24. The van der Waals surface area contributed by atoms with Gasteiger partial charge < -0.3 is 10.2 Å². The molecule has 2 atom stereocenters. The normalized spacial score (nSPS) is 29.6. The van der Waals surface area contributed by atoms with E-state index in [1.165, 1.54) is 11.2 Å². The third-order valence-corrected chi connectivity index (χ3v) is 5.36. The molecule has 100 valence electrons. The molecule has 6 nitrogen and oxygen atoms in total. The molecule has 0 aliphatic carbocycles. The second kappa shape index (κ2) is 4.91. The van der Waals surface area contributed by atoms with Gasteiger partial charge in [0, 0.05) is 13.1 Å². The fourth-order valence-electron chi connectivity index (χ4n) is 1.84. The van der Waals surface area contributed by atoms with Crippen LogP contribution < -0.4 is 0 Å². The van der Waals surface area contributed by atoms with Crippen molar-refractivity contribution in [2.75, 3.05) is 13.1 Å². The van der Waals surface area contributed by atoms with Crippen molar-refractivity contribution in [2.24, 2.45) is 0 Å².